The van der Waals surface area contributed by atoms with Gasteiger partial charge in [-0.3, -0.25) is 4.72 Å². The topological polar surface area (TPSA) is 46.2 Å². The smallest absolute Gasteiger partial charge is 0.284 e. The first-order valence-electron chi connectivity index (χ1n) is 3.83. The molecule has 0 saturated heterocycles. The zero-order chi connectivity index (χ0) is 11.7. The van der Waals surface area contributed by atoms with Crippen molar-refractivity contribution in [3.8, 4) is 0 Å². The summed E-state index contributed by atoms with van der Waals surface area (Å²) in [4.78, 5) is 0. The van der Waals surface area contributed by atoms with Crippen molar-refractivity contribution in [1.82, 2.24) is 0 Å². The third-order valence-corrected chi connectivity index (χ3v) is 2.10. The highest BCUT2D eigenvalue weighted by Crippen LogP contribution is 2.30. The van der Waals surface area contributed by atoms with Crippen molar-refractivity contribution < 1.29 is 21.6 Å². The van der Waals surface area contributed by atoms with Crippen molar-refractivity contribution in [3.05, 3.63) is 29.8 Å². The first kappa shape index (κ1) is 11.8. The Bertz CT molecular complexity index is 453. The Morgan fingerprint density at radius 1 is 1.27 bits per heavy atom. The molecule has 0 aromatic heterocycles. The fourth-order valence-corrected chi connectivity index (χ4v) is 1.53. The van der Waals surface area contributed by atoms with Crippen LogP contribution in [0, 0.1) is 0 Å². The van der Waals surface area contributed by atoms with Gasteiger partial charge in [0.2, 0.25) is 10.0 Å². The van der Waals surface area contributed by atoms with Crippen molar-refractivity contribution in [2.75, 3.05) is 11.0 Å². The van der Waals surface area contributed by atoms with Gasteiger partial charge in [-0.25, -0.2) is 8.42 Å². The summed E-state index contributed by atoms with van der Waals surface area (Å²) < 4.78 is 60.2. The number of benzene rings is 1. The number of hydrogen-bond donors (Lipinski definition) is 1. The summed E-state index contributed by atoms with van der Waals surface area (Å²) in [5, 5.41) is 0. The third-order valence-electron chi connectivity index (χ3n) is 1.49. The second-order valence-electron chi connectivity index (χ2n) is 2.95. The van der Waals surface area contributed by atoms with Crippen LogP contribution in [0.15, 0.2) is 24.3 Å². The average molecular weight is 239 g/mol. The normalized spacial score (nSPS) is 12.5. The summed E-state index contributed by atoms with van der Waals surface area (Å²) in [7, 11) is -3.56. The van der Waals surface area contributed by atoms with Crippen molar-refractivity contribution >= 4 is 15.7 Å². The minimum Gasteiger partial charge on any atom is -0.284 e. The van der Waals surface area contributed by atoms with Gasteiger partial charge in [0.05, 0.1) is 11.8 Å². The van der Waals surface area contributed by atoms with E-state index in [4.69, 9.17) is 0 Å². The van der Waals surface area contributed by atoms with Gasteiger partial charge in [0, 0.05) is 5.69 Å². The van der Waals surface area contributed by atoms with E-state index in [-0.39, 0.29) is 5.69 Å². The number of anilines is 1. The minimum atomic E-state index is -4.48. The van der Waals surface area contributed by atoms with Gasteiger partial charge < -0.3 is 0 Å². The molecule has 1 N–H and O–H groups in total. The van der Waals surface area contributed by atoms with E-state index >= 15 is 0 Å². The average Bonchev–Trinajstić information content (AvgIpc) is 1.99. The van der Waals surface area contributed by atoms with E-state index < -0.39 is 21.8 Å². The molecule has 0 aliphatic heterocycles. The second-order valence-corrected chi connectivity index (χ2v) is 4.70. The molecule has 0 unspecified atom stereocenters. The first-order chi connectivity index (χ1) is 6.68. The molecule has 1 aromatic rings. The van der Waals surface area contributed by atoms with Crippen LogP contribution in [-0.4, -0.2) is 14.7 Å². The zero-order valence-corrected chi connectivity index (χ0v) is 8.48. The van der Waals surface area contributed by atoms with E-state index in [1.54, 1.807) is 0 Å². The number of alkyl halides is 3. The van der Waals surface area contributed by atoms with E-state index in [2.05, 4.69) is 0 Å². The SMILES string of the molecule is CS(=O)(=O)Nc1cccc(C(F)(F)F)c1. The first-order valence-corrected chi connectivity index (χ1v) is 5.73. The zero-order valence-electron chi connectivity index (χ0n) is 7.67. The Hall–Kier alpha value is -1.24. The summed E-state index contributed by atoms with van der Waals surface area (Å²) in [5.41, 5.74) is -0.997. The molecule has 0 atom stereocenters. The predicted molar refractivity (Wildman–Crippen MR) is 49.9 cm³/mol. The van der Waals surface area contributed by atoms with Crippen molar-refractivity contribution in [1.29, 1.82) is 0 Å². The fraction of sp³-hybridized carbons (Fsp3) is 0.250. The van der Waals surface area contributed by atoms with Crippen LogP contribution in [0.4, 0.5) is 18.9 Å². The molecule has 7 heteroatoms. The lowest BCUT2D eigenvalue weighted by atomic mass is 10.2. The number of halogens is 3. The van der Waals surface area contributed by atoms with Crippen LogP contribution in [0.5, 0.6) is 0 Å². The van der Waals surface area contributed by atoms with Crippen molar-refractivity contribution in [3.63, 3.8) is 0 Å². The van der Waals surface area contributed by atoms with Crippen LogP contribution < -0.4 is 4.72 Å². The highest BCUT2D eigenvalue weighted by molar-refractivity contribution is 7.92. The van der Waals surface area contributed by atoms with Crippen LogP contribution in [0.25, 0.3) is 0 Å². The molecule has 3 nitrogen and oxygen atoms in total. The van der Waals surface area contributed by atoms with Gasteiger partial charge >= 0.3 is 6.18 Å². The molecule has 0 aliphatic rings. The minimum absolute atomic E-state index is 0.104. The maximum absolute atomic E-state index is 12.2. The molecule has 0 bridgehead atoms. The summed E-state index contributed by atoms with van der Waals surface area (Å²) in [5.74, 6) is 0. The molecule has 0 radical (unpaired) electrons. The quantitative estimate of drug-likeness (QED) is 0.858. The van der Waals surface area contributed by atoms with E-state index in [9.17, 15) is 21.6 Å². The van der Waals surface area contributed by atoms with E-state index in [0.29, 0.717) is 0 Å². The molecule has 0 amide bonds. The van der Waals surface area contributed by atoms with Gasteiger partial charge in [-0.15, -0.1) is 0 Å². The van der Waals surface area contributed by atoms with Gasteiger partial charge in [-0.05, 0) is 18.2 Å². The monoisotopic (exact) mass is 239 g/mol. The van der Waals surface area contributed by atoms with E-state index in [1.807, 2.05) is 4.72 Å². The maximum atomic E-state index is 12.2. The van der Waals surface area contributed by atoms with Crippen LogP contribution in [0.2, 0.25) is 0 Å². The molecule has 0 saturated carbocycles. The summed E-state index contributed by atoms with van der Waals surface area (Å²) in [6, 6.07) is 3.99. The molecule has 1 rings (SSSR count). The van der Waals surface area contributed by atoms with Crippen LogP contribution in [0.3, 0.4) is 0 Å². The van der Waals surface area contributed by atoms with Crippen LogP contribution in [-0.2, 0) is 16.2 Å². The standard InChI is InChI=1S/C8H8F3NO2S/c1-15(13,14)12-7-4-2-3-6(5-7)8(9,10)11/h2-5,12H,1H3. The number of rotatable bonds is 2. The molecule has 0 heterocycles. The van der Waals surface area contributed by atoms with Crippen LogP contribution in [0.1, 0.15) is 5.56 Å². The molecule has 0 spiro atoms. The lowest BCUT2D eigenvalue weighted by molar-refractivity contribution is -0.137. The van der Waals surface area contributed by atoms with E-state index in [0.717, 1.165) is 24.5 Å². The predicted octanol–water partition coefficient (Wildman–Crippen LogP) is 2.08. The summed E-state index contributed by atoms with van der Waals surface area (Å²) in [6.07, 6.45) is -3.61. The molecule has 84 valence electrons. The highest BCUT2D eigenvalue weighted by Gasteiger charge is 2.30. The Morgan fingerprint density at radius 2 is 1.87 bits per heavy atom. The van der Waals surface area contributed by atoms with Gasteiger partial charge in [0.15, 0.2) is 0 Å². The van der Waals surface area contributed by atoms with Crippen molar-refractivity contribution in [2.45, 2.75) is 6.18 Å². The largest absolute Gasteiger partial charge is 0.416 e. The summed E-state index contributed by atoms with van der Waals surface area (Å²) in [6.45, 7) is 0. The molecule has 15 heavy (non-hydrogen) atoms. The molecular weight excluding hydrogens is 231 g/mol. The number of nitrogens with one attached hydrogen (secondary N) is 1. The van der Waals surface area contributed by atoms with Gasteiger partial charge in [0.1, 0.15) is 0 Å². The number of hydrogen-bond acceptors (Lipinski definition) is 2. The molecule has 0 fully saturated rings. The molecule has 1 aromatic carbocycles. The Kier molecular flexibility index (Phi) is 2.94. The number of sulfonamides is 1. The lowest BCUT2D eigenvalue weighted by Gasteiger charge is -2.09. The second kappa shape index (κ2) is 3.73. The fourth-order valence-electron chi connectivity index (χ4n) is 0.973. The molecule has 0 aliphatic carbocycles. The highest BCUT2D eigenvalue weighted by atomic mass is 32.2. The van der Waals surface area contributed by atoms with Gasteiger partial charge in [-0.2, -0.15) is 13.2 Å². The van der Waals surface area contributed by atoms with E-state index in [1.165, 1.54) is 6.07 Å². The Labute approximate surface area is 85.0 Å². The van der Waals surface area contributed by atoms with Gasteiger partial charge in [0.25, 0.3) is 0 Å². The third kappa shape index (κ3) is 3.78. The molecular formula is C8H8F3NO2S. The summed E-state index contributed by atoms with van der Waals surface area (Å²) >= 11 is 0. The van der Waals surface area contributed by atoms with Crippen molar-refractivity contribution in [2.24, 2.45) is 0 Å². The van der Waals surface area contributed by atoms with Gasteiger partial charge in [-0.1, -0.05) is 6.07 Å². The maximum Gasteiger partial charge on any atom is 0.416 e. The Morgan fingerprint density at radius 3 is 2.33 bits per heavy atom. The Balaban J connectivity index is 3.04. The van der Waals surface area contributed by atoms with Crippen LogP contribution >= 0.6 is 0 Å². The lowest BCUT2D eigenvalue weighted by Crippen LogP contribution is -2.11.